The second-order valence-electron chi connectivity index (χ2n) is 6.52. The number of hydrogen-bond acceptors (Lipinski definition) is 6. The maximum atomic E-state index is 12.2. The van der Waals surface area contributed by atoms with Crippen LogP contribution in [0.5, 0.6) is 0 Å². The van der Waals surface area contributed by atoms with Crippen LogP contribution in [0.3, 0.4) is 0 Å². The van der Waals surface area contributed by atoms with Gasteiger partial charge in [0.05, 0.1) is 17.9 Å². The van der Waals surface area contributed by atoms with Gasteiger partial charge in [-0.1, -0.05) is 30.3 Å². The summed E-state index contributed by atoms with van der Waals surface area (Å²) in [6.45, 7) is 3.37. The lowest BCUT2D eigenvalue weighted by molar-refractivity contribution is -0.152. The third-order valence-corrected chi connectivity index (χ3v) is 5.73. The summed E-state index contributed by atoms with van der Waals surface area (Å²) < 4.78 is 31.6. The first-order valence-electron chi connectivity index (χ1n) is 9.00. The highest BCUT2D eigenvalue weighted by molar-refractivity contribution is 7.90. The number of para-hydroxylation sites is 1. The highest BCUT2D eigenvalue weighted by atomic mass is 32.2. The number of sulfonamides is 1. The van der Waals surface area contributed by atoms with E-state index < -0.39 is 28.0 Å². The van der Waals surface area contributed by atoms with E-state index in [1.807, 2.05) is 19.1 Å². The van der Waals surface area contributed by atoms with E-state index >= 15 is 0 Å². The molecule has 0 bridgehead atoms. The number of esters is 1. The van der Waals surface area contributed by atoms with Gasteiger partial charge in [-0.05, 0) is 37.6 Å². The summed E-state index contributed by atoms with van der Waals surface area (Å²) in [6, 6.07) is 13.7. The van der Waals surface area contributed by atoms with E-state index in [-0.39, 0.29) is 23.7 Å². The molecule has 0 radical (unpaired) electrons. The van der Waals surface area contributed by atoms with Crippen LogP contribution in [0.25, 0.3) is 0 Å². The van der Waals surface area contributed by atoms with Crippen LogP contribution < -0.4 is 10.0 Å². The number of anilines is 1. The number of amidine groups is 1. The lowest BCUT2D eigenvalue weighted by Crippen LogP contribution is -2.30. The smallest absolute Gasteiger partial charge is 0.308 e. The molecule has 1 heterocycles. The van der Waals surface area contributed by atoms with Crippen LogP contribution in [0.4, 0.5) is 5.69 Å². The molecule has 2 aromatic rings. The first kappa shape index (κ1) is 20.5. The van der Waals surface area contributed by atoms with Crippen LogP contribution in [0, 0.1) is 6.92 Å². The number of nitrogens with one attached hydrogen (secondary N) is 2. The number of ether oxygens (including phenoxy) is 1. The predicted molar refractivity (Wildman–Crippen MR) is 108 cm³/mol. The zero-order chi connectivity index (χ0) is 21.0. The monoisotopic (exact) mass is 415 g/mol. The van der Waals surface area contributed by atoms with Crippen LogP contribution in [0.15, 0.2) is 58.4 Å². The van der Waals surface area contributed by atoms with Crippen LogP contribution in [-0.2, 0) is 24.3 Å². The minimum Gasteiger partial charge on any atom is -0.452 e. The van der Waals surface area contributed by atoms with Crippen molar-refractivity contribution in [1.29, 1.82) is 0 Å². The summed E-state index contributed by atoms with van der Waals surface area (Å²) in [6.07, 6.45) is -1.06. The molecular weight excluding hydrogens is 394 g/mol. The van der Waals surface area contributed by atoms with Crippen LogP contribution >= 0.6 is 0 Å². The van der Waals surface area contributed by atoms with Crippen molar-refractivity contribution in [2.45, 2.75) is 31.3 Å². The van der Waals surface area contributed by atoms with Crippen molar-refractivity contribution < 1.29 is 22.7 Å². The van der Waals surface area contributed by atoms with Crippen molar-refractivity contribution in [1.82, 2.24) is 4.72 Å². The maximum absolute atomic E-state index is 12.2. The van der Waals surface area contributed by atoms with Gasteiger partial charge in [0.25, 0.3) is 15.9 Å². The van der Waals surface area contributed by atoms with Gasteiger partial charge in [-0.25, -0.2) is 8.42 Å². The molecule has 1 amide bonds. The Morgan fingerprint density at radius 3 is 2.59 bits per heavy atom. The molecule has 0 aliphatic carbocycles. The van der Waals surface area contributed by atoms with Crippen molar-refractivity contribution in [3.05, 3.63) is 59.7 Å². The molecule has 2 N–H and O–H groups in total. The molecular formula is C20H21N3O5S. The second kappa shape index (κ2) is 8.44. The van der Waals surface area contributed by atoms with E-state index in [2.05, 4.69) is 15.0 Å². The molecule has 0 spiro atoms. The normalized spacial score (nSPS) is 16.6. The van der Waals surface area contributed by atoms with Gasteiger partial charge < -0.3 is 10.1 Å². The number of rotatable bonds is 6. The van der Waals surface area contributed by atoms with Crippen molar-refractivity contribution in [3.63, 3.8) is 0 Å². The van der Waals surface area contributed by atoms with E-state index in [1.54, 1.807) is 30.3 Å². The Labute approximate surface area is 169 Å². The number of benzene rings is 2. The summed E-state index contributed by atoms with van der Waals surface area (Å²) in [5.74, 6) is -0.842. The molecule has 0 saturated heterocycles. The van der Waals surface area contributed by atoms with Crippen LogP contribution in [0.2, 0.25) is 0 Å². The third kappa shape index (κ3) is 4.80. The quantitative estimate of drug-likeness (QED) is 0.701. The standard InChI is InChI=1S/C20H21N3O5S/c1-13-7-3-5-9-16(13)22-20(25)14(2)28-18(24)11-12-21-19-15-8-4-6-10-17(15)29(26,27)23-19/h3-10,14H,11-12H2,1-2H3,(H,21,23)(H,22,25). The molecule has 8 nitrogen and oxygen atoms in total. The number of aliphatic imine (C=N–C) groups is 1. The van der Waals surface area contributed by atoms with Crippen LogP contribution in [0.1, 0.15) is 24.5 Å². The van der Waals surface area contributed by atoms with Gasteiger partial charge in [0.1, 0.15) is 5.84 Å². The van der Waals surface area contributed by atoms with Crippen molar-refractivity contribution in [2.24, 2.45) is 4.99 Å². The van der Waals surface area contributed by atoms with Crippen molar-refractivity contribution in [2.75, 3.05) is 11.9 Å². The number of carbonyl (C=O) groups is 2. The number of fused-ring (bicyclic) bond motifs is 1. The molecule has 152 valence electrons. The Balaban J connectivity index is 1.53. The Morgan fingerprint density at radius 1 is 1.14 bits per heavy atom. The van der Waals surface area contributed by atoms with Crippen molar-refractivity contribution in [3.8, 4) is 0 Å². The van der Waals surface area contributed by atoms with E-state index in [1.165, 1.54) is 13.0 Å². The zero-order valence-electron chi connectivity index (χ0n) is 16.0. The lowest BCUT2D eigenvalue weighted by atomic mass is 10.2. The van der Waals surface area contributed by atoms with Gasteiger partial charge in [0.15, 0.2) is 6.10 Å². The fourth-order valence-electron chi connectivity index (χ4n) is 2.77. The molecule has 0 fully saturated rings. The molecule has 9 heteroatoms. The molecule has 1 aliphatic rings. The summed E-state index contributed by atoms with van der Waals surface area (Å²) in [4.78, 5) is 28.5. The highest BCUT2D eigenvalue weighted by Gasteiger charge is 2.30. The first-order valence-corrected chi connectivity index (χ1v) is 10.5. The lowest BCUT2D eigenvalue weighted by Gasteiger charge is -2.14. The molecule has 1 atom stereocenters. The fraction of sp³-hybridized carbons (Fsp3) is 0.250. The molecule has 1 unspecified atom stereocenters. The van der Waals surface area contributed by atoms with Gasteiger partial charge >= 0.3 is 5.97 Å². The van der Waals surface area contributed by atoms with E-state index in [9.17, 15) is 18.0 Å². The number of aryl methyl sites for hydroxylation is 1. The van der Waals surface area contributed by atoms with E-state index in [0.29, 0.717) is 11.3 Å². The molecule has 1 aliphatic heterocycles. The minimum atomic E-state index is -3.62. The van der Waals surface area contributed by atoms with E-state index in [0.717, 1.165) is 5.56 Å². The van der Waals surface area contributed by atoms with Gasteiger partial charge in [0.2, 0.25) is 0 Å². The first-order chi connectivity index (χ1) is 13.8. The number of hydrogen-bond donors (Lipinski definition) is 2. The van der Waals surface area contributed by atoms with Gasteiger partial charge in [-0.15, -0.1) is 0 Å². The third-order valence-electron chi connectivity index (χ3n) is 4.33. The predicted octanol–water partition coefficient (Wildman–Crippen LogP) is 1.99. The Kier molecular flexibility index (Phi) is 5.97. The minimum absolute atomic E-state index is 0.0250. The SMILES string of the molecule is Cc1ccccc1NC(=O)C(C)OC(=O)CCN=C1NS(=O)(=O)c2ccccc21. The van der Waals surface area contributed by atoms with Gasteiger partial charge in [-0.3, -0.25) is 19.3 Å². The van der Waals surface area contributed by atoms with E-state index in [4.69, 9.17) is 4.74 Å². The van der Waals surface area contributed by atoms with Crippen molar-refractivity contribution >= 4 is 33.4 Å². The molecule has 0 aromatic heterocycles. The Bertz CT molecular complexity index is 1080. The summed E-state index contributed by atoms with van der Waals surface area (Å²) >= 11 is 0. The van der Waals surface area contributed by atoms with Gasteiger partial charge in [-0.2, -0.15) is 0 Å². The summed E-state index contributed by atoms with van der Waals surface area (Å²) in [5.41, 5.74) is 2.01. The fourth-order valence-corrected chi connectivity index (χ4v) is 4.02. The van der Waals surface area contributed by atoms with Crippen LogP contribution in [-0.4, -0.2) is 38.8 Å². The Hall–Kier alpha value is -3.20. The maximum Gasteiger partial charge on any atom is 0.308 e. The molecule has 0 saturated carbocycles. The highest BCUT2D eigenvalue weighted by Crippen LogP contribution is 2.22. The largest absolute Gasteiger partial charge is 0.452 e. The second-order valence-corrected chi connectivity index (χ2v) is 8.17. The topological polar surface area (TPSA) is 114 Å². The summed E-state index contributed by atoms with van der Waals surface area (Å²) in [7, 11) is -3.62. The number of carbonyl (C=O) groups excluding carboxylic acids is 2. The average molecular weight is 415 g/mol. The molecule has 3 rings (SSSR count). The van der Waals surface area contributed by atoms with Gasteiger partial charge in [0, 0.05) is 11.3 Å². The number of nitrogens with zero attached hydrogens (tertiary/aromatic N) is 1. The zero-order valence-corrected chi connectivity index (χ0v) is 16.8. The Morgan fingerprint density at radius 2 is 1.83 bits per heavy atom. The molecule has 2 aromatic carbocycles. The molecule has 29 heavy (non-hydrogen) atoms. The summed E-state index contributed by atoms with van der Waals surface area (Å²) in [5, 5.41) is 2.72. The number of amides is 1. The average Bonchev–Trinajstić information content (AvgIpc) is 2.94.